The number of aliphatic hydroxyl groups is 1. The molecule has 3 aromatic rings. The number of aryl methyl sites for hydroxylation is 2. The van der Waals surface area contributed by atoms with E-state index in [4.69, 9.17) is 4.42 Å². The van der Waals surface area contributed by atoms with Crippen LogP contribution in [0.25, 0.3) is 11.4 Å². The molecule has 4 rings (SSSR count). The molecule has 1 N–H and O–H groups in total. The summed E-state index contributed by atoms with van der Waals surface area (Å²) in [5, 5.41) is 11.4. The molecule has 0 spiro atoms. The number of furan rings is 1. The quantitative estimate of drug-likeness (QED) is 0.320. The van der Waals surface area contributed by atoms with E-state index in [0.717, 1.165) is 19.6 Å². The van der Waals surface area contributed by atoms with Crippen molar-refractivity contribution in [2.45, 2.75) is 40.2 Å². The standard InChI is InChI=1S/C25H30N4O4/c1-5-27(6-2)13-9-15-29-22(18-12-11-16(3)33-18)20(24(31)25(29)32)23(30)21-17(4)26-19-10-7-8-14-28(19)21/h7-8,10-12,14,22,30H,5-6,9,13,15H2,1-4H3/b23-20-. The van der Waals surface area contributed by atoms with Crippen molar-refractivity contribution in [2.24, 2.45) is 0 Å². The van der Waals surface area contributed by atoms with E-state index in [1.54, 1.807) is 29.7 Å². The van der Waals surface area contributed by atoms with Crippen LogP contribution in [0.3, 0.4) is 0 Å². The number of fused-ring (bicyclic) bond motifs is 1. The van der Waals surface area contributed by atoms with Crippen LogP contribution in [0.5, 0.6) is 0 Å². The maximum absolute atomic E-state index is 13.2. The third-order valence-electron chi connectivity index (χ3n) is 6.27. The Kier molecular flexibility index (Phi) is 6.37. The van der Waals surface area contributed by atoms with Crippen molar-refractivity contribution in [2.75, 3.05) is 26.2 Å². The number of aliphatic hydroxyl groups excluding tert-OH is 1. The van der Waals surface area contributed by atoms with Crippen LogP contribution >= 0.6 is 0 Å². The highest BCUT2D eigenvalue weighted by molar-refractivity contribution is 6.46. The Morgan fingerprint density at radius 1 is 1.15 bits per heavy atom. The SMILES string of the molecule is CCN(CC)CCCN1C(=O)C(=O)/C(=C(\O)c2c(C)nc3ccccn23)C1c1ccc(C)o1. The first-order valence-electron chi connectivity index (χ1n) is 11.4. The summed E-state index contributed by atoms with van der Waals surface area (Å²) in [7, 11) is 0. The van der Waals surface area contributed by atoms with Crippen molar-refractivity contribution in [1.29, 1.82) is 0 Å². The van der Waals surface area contributed by atoms with Crippen LogP contribution in [0.2, 0.25) is 0 Å². The summed E-state index contributed by atoms with van der Waals surface area (Å²) in [6.45, 7) is 10.8. The first-order valence-corrected chi connectivity index (χ1v) is 11.4. The summed E-state index contributed by atoms with van der Waals surface area (Å²) in [6.07, 6.45) is 2.48. The molecule has 1 unspecified atom stereocenters. The lowest BCUT2D eigenvalue weighted by Crippen LogP contribution is -2.33. The number of hydrogen-bond acceptors (Lipinski definition) is 6. The molecule has 8 nitrogen and oxygen atoms in total. The molecule has 1 aliphatic rings. The first kappa shape index (κ1) is 22.8. The average molecular weight is 451 g/mol. The van der Waals surface area contributed by atoms with Crippen molar-refractivity contribution in [1.82, 2.24) is 19.2 Å². The van der Waals surface area contributed by atoms with Gasteiger partial charge in [0.15, 0.2) is 5.76 Å². The summed E-state index contributed by atoms with van der Waals surface area (Å²) in [5.41, 5.74) is 1.65. The molecule has 1 aliphatic heterocycles. The van der Waals surface area contributed by atoms with Crippen molar-refractivity contribution in [3.8, 4) is 0 Å². The first-order chi connectivity index (χ1) is 15.9. The molecule has 33 heavy (non-hydrogen) atoms. The van der Waals surface area contributed by atoms with Crippen LogP contribution in [-0.4, -0.2) is 62.2 Å². The Bertz CT molecular complexity index is 1220. The van der Waals surface area contributed by atoms with Gasteiger partial charge in [0.25, 0.3) is 11.7 Å². The van der Waals surface area contributed by atoms with Crippen LogP contribution < -0.4 is 0 Å². The van der Waals surface area contributed by atoms with Crippen LogP contribution in [0.1, 0.15) is 49.2 Å². The lowest BCUT2D eigenvalue weighted by atomic mass is 10.0. The van der Waals surface area contributed by atoms with Crippen molar-refractivity contribution >= 4 is 23.1 Å². The molecule has 3 aromatic heterocycles. The zero-order valence-corrected chi connectivity index (χ0v) is 19.5. The minimum atomic E-state index is -0.788. The highest BCUT2D eigenvalue weighted by atomic mass is 16.3. The second-order valence-corrected chi connectivity index (χ2v) is 8.30. The molecule has 1 saturated heterocycles. The number of likely N-dealkylation sites (tertiary alicyclic amines) is 1. The second-order valence-electron chi connectivity index (χ2n) is 8.30. The van der Waals surface area contributed by atoms with Gasteiger partial charge in [-0.15, -0.1) is 0 Å². The smallest absolute Gasteiger partial charge is 0.295 e. The number of pyridine rings is 1. The number of Topliss-reactive ketones (excluding diaryl/α,β-unsaturated/α-hetero) is 1. The van der Waals surface area contributed by atoms with Gasteiger partial charge >= 0.3 is 0 Å². The largest absolute Gasteiger partial charge is 0.505 e. The van der Waals surface area contributed by atoms with Crippen LogP contribution in [0.4, 0.5) is 0 Å². The van der Waals surface area contributed by atoms with Gasteiger partial charge in [0, 0.05) is 12.7 Å². The topological polar surface area (TPSA) is 91.3 Å². The highest BCUT2D eigenvalue weighted by Gasteiger charge is 2.47. The summed E-state index contributed by atoms with van der Waals surface area (Å²) < 4.78 is 7.58. The third kappa shape index (κ3) is 4.06. The molecule has 1 amide bonds. The van der Waals surface area contributed by atoms with Crippen LogP contribution in [-0.2, 0) is 9.59 Å². The number of aromatic nitrogens is 2. The second kappa shape index (κ2) is 9.23. The number of amides is 1. The average Bonchev–Trinajstić information content (AvgIpc) is 3.45. The fraction of sp³-hybridized carbons (Fsp3) is 0.400. The Morgan fingerprint density at radius 2 is 1.91 bits per heavy atom. The minimum Gasteiger partial charge on any atom is -0.505 e. The van der Waals surface area contributed by atoms with E-state index in [0.29, 0.717) is 41.5 Å². The van der Waals surface area contributed by atoms with Crippen molar-refractivity contribution in [3.63, 3.8) is 0 Å². The molecular formula is C25H30N4O4. The Hall–Kier alpha value is -3.39. The Morgan fingerprint density at radius 3 is 2.58 bits per heavy atom. The van der Waals surface area contributed by atoms with E-state index < -0.39 is 17.7 Å². The molecule has 0 saturated carbocycles. The lowest BCUT2D eigenvalue weighted by Gasteiger charge is -2.25. The number of nitrogens with zero attached hydrogens (tertiary/aromatic N) is 4. The number of carbonyl (C=O) groups excluding carboxylic acids is 2. The maximum Gasteiger partial charge on any atom is 0.295 e. The van der Waals surface area contributed by atoms with E-state index in [1.165, 1.54) is 4.90 Å². The molecule has 0 radical (unpaired) electrons. The van der Waals surface area contributed by atoms with Gasteiger partial charge in [0.05, 0.1) is 11.3 Å². The monoisotopic (exact) mass is 450 g/mol. The Balaban J connectivity index is 1.79. The summed E-state index contributed by atoms with van der Waals surface area (Å²) >= 11 is 0. The number of ketones is 1. The van der Waals surface area contributed by atoms with Gasteiger partial charge in [0.1, 0.15) is 28.9 Å². The normalized spacial score (nSPS) is 18.2. The van der Waals surface area contributed by atoms with Crippen molar-refractivity contribution in [3.05, 3.63) is 65.0 Å². The molecule has 1 fully saturated rings. The predicted octanol–water partition coefficient (Wildman–Crippen LogP) is 3.70. The van der Waals surface area contributed by atoms with Gasteiger partial charge in [-0.2, -0.15) is 0 Å². The van der Waals surface area contributed by atoms with E-state index in [-0.39, 0.29) is 11.3 Å². The van der Waals surface area contributed by atoms with Crippen LogP contribution in [0, 0.1) is 13.8 Å². The molecule has 0 aliphatic carbocycles. The molecule has 0 aromatic carbocycles. The van der Waals surface area contributed by atoms with Crippen molar-refractivity contribution < 1.29 is 19.1 Å². The zero-order chi connectivity index (χ0) is 23.7. The van der Waals surface area contributed by atoms with E-state index in [1.807, 2.05) is 25.1 Å². The predicted molar refractivity (Wildman–Crippen MR) is 125 cm³/mol. The van der Waals surface area contributed by atoms with Gasteiger partial charge in [-0.1, -0.05) is 19.9 Å². The molecule has 4 heterocycles. The molecular weight excluding hydrogens is 420 g/mol. The fourth-order valence-corrected chi connectivity index (χ4v) is 4.54. The van der Waals surface area contributed by atoms with E-state index >= 15 is 0 Å². The number of imidazole rings is 1. The molecule has 1 atom stereocenters. The van der Waals surface area contributed by atoms with Gasteiger partial charge in [-0.05, 0) is 64.2 Å². The molecule has 174 valence electrons. The highest BCUT2D eigenvalue weighted by Crippen LogP contribution is 2.40. The van der Waals surface area contributed by atoms with Gasteiger partial charge in [-0.25, -0.2) is 4.98 Å². The number of rotatable bonds is 8. The summed E-state index contributed by atoms with van der Waals surface area (Å²) in [4.78, 5) is 34.6. The lowest BCUT2D eigenvalue weighted by molar-refractivity contribution is -0.140. The van der Waals surface area contributed by atoms with E-state index in [9.17, 15) is 14.7 Å². The summed E-state index contributed by atoms with van der Waals surface area (Å²) in [6, 6.07) is 8.27. The minimum absolute atomic E-state index is 0.0333. The molecule has 8 heteroatoms. The third-order valence-corrected chi connectivity index (χ3v) is 6.27. The van der Waals surface area contributed by atoms with E-state index in [2.05, 4.69) is 23.7 Å². The number of hydrogen-bond donors (Lipinski definition) is 1. The summed E-state index contributed by atoms with van der Waals surface area (Å²) in [5.74, 6) is -0.441. The number of carbonyl (C=O) groups is 2. The van der Waals surface area contributed by atoms with Crippen LogP contribution in [0.15, 0.2) is 46.5 Å². The van der Waals surface area contributed by atoms with Gasteiger partial charge < -0.3 is 19.3 Å². The zero-order valence-electron chi connectivity index (χ0n) is 19.5. The Labute approximate surface area is 193 Å². The van der Waals surface area contributed by atoms with Gasteiger partial charge in [-0.3, -0.25) is 14.0 Å². The fourth-order valence-electron chi connectivity index (χ4n) is 4.54. The molecule has 0 bridgehead atoms. The maximum atomic E-state index is 13.2. The van der Waals surface area contributed by atoms with Gasteiger partial charge in [0.2, 0.25) is 0 Å².